The quantitative estimate of drug-likeness (QED) is 0.481. The molecule has 1 fully saturated rings. The Kier molecular flexibility index (Phi) is 6.22. The van der Waals surface area contributed by atoms with Crippen LogP contribution in [0.5, 0.6) is 0 Å². The maximum atomic E-state index is 12.5. The van der Waals surface area contributed by atoms with E-state index in [1.807, 2.05) is 36.4 Å². The predicted molar refractivity (Wildman–Crippen MR) is 126 cm³/mol. The summed E-state index contributed by atoms with van der Waals surface area (Å²) in [6.45, 7) is 0.138. The van der Waals surface area contributed by atoms with E-state index in [0.29, 0.717) is 12.8 Å². The van der Waals surface area contributed by atoms with Gasteiger partial charge >= 0.3 is 12.1 Å². The highest BCUT2D eigenvalue weighted by Gasteiger charge is 2.33. The molecule has 0 unspecified atom stereocenters. The van der Waals surface area contributed by atoms with E-state index >= 15 is 0 Å². The molecule has 3 N–H and O–H groups in total. The summed E-state index contributed by atoms with van der Waals surface area (Å²) in [4.78, 5) is 36.4. The van der Waals surface area contributed by atoms with Crippen LogP contribution < -0.4 is 10.6 Å². The number of carboxylic acid groups (broad SMARTS) is 1. The van der Waals surface area contributed by atoms with Gasteiger partial charge in [0, 0.05) is 18.0 Å². The number of nitrogens with zero attached hydrogens (tertiary/aromatic N) is 1. The summed E-state index contributed by atoms with van der Waals surface area (Å²) >= 11 is 0. The number of anilines is 1. The van der Waals surface area contributed by atoms with E-state index in [9.17, 15) is 19.5 Å². The lowest BCUT2D eigenvalue weighted by atomic mass is 9.84. The number of aliphatic carboxylic acids is 1. The summed E-state index contributed by atoms with van der Waals surface area (Å²) in [6, 6.07) is 16.9. The van der Waals surface area contributed by atoms with Gasteiger partial charge in [-0.15, -0.1) is 0 Å². The second-order valence-corrected chi connectivity index (χ2v) is 8.84. The van der Waals surface area contributed by atoms with Crippen LogP contribution in [0.2, 0.25) is 0 Å². The Labute approximate surface area is 201 Å². The van der Waals surface area contributed by atoms with Crippen molar-refractivity contribution in [3.05, 3.63) is 71.4 Å². The first-order chi connectivity index (χ1) is 17.0. The van der Waals surface area contributed by atoms with Gasteiger partial charge in [0.15, 0.2) is 5.69 Å². The fraction of sp³-hybridized carbons (Fsp3) is 0.308. The van der Waals surface area contributed by atoms with Crippen LogP contribution in [0.15, 0.2) is 59.1 Å². The monoisotopic (exact) mass is 475 g/mol. The van der Waals surface area contributed by atoms with Gasteiger partial charge in [0.2, 0.25) is 5.88 Å². The third kappa shape index (κ3) is 4.62. The minimum atomic E-state index is -0.923. The zero-order chi connectivity index (χ0) is 24.4. The molecule has 9 nitrogen and oxygen atoms in total. The number of carbonyl (C=O) groups is 3. The van der Waals surface area contributed by atoms with Crippen LogP contribution in [0, 0.1) is 5.92 Å². The maximum absolute atomic E-state index is 12.5. The third-order valence-electron chi connectivity index (χ3n) is 6.71. The first-order valence-electron chi connectivity index (χ1n) is 11.6. The molecule has 1 aromatic heterocycles. The molecule has 0 aliphatic heterocycles. The molecule has 2 aliphatic rings. The van der Waals surface area contributed by atoms with Gasteiger partial charge in [0.05, 0.1) is 5.92 Å². The average Bonchev–Trinajstić information content (AvgIpc) is 3.46. The average molecular weight is 476 g/mol. The molecule has 2 amide bonds. The van der Waals surface area contributed by atoms with Crippen LogP contribution in [-0.2, 0) is 9.53 Å². The molecule has 2 aliphatic carbocycles. The zero-order valence-corrected chi connectivity index (χ0v) is 18.9. The Morgan fingerprint density at radius 1 is 1.00 bits per heavy atom. The van der Waals surface area contributed by atoms with E-state index in [0.717, 1.165) is 35.1 Å². The smallest absolute Gasteiger partial charge is 0.414 e. The molecule has 0 radical (unpaired) electrons. The lowest BCUT2D eigenvalue weighted by molar-refractivity contribution is -0.143. The minimum Gasteiger partial charge on any atom is -0.481 e. The van der Waals surface area contributed by atoms with Crippen molar-refractivity contribution in [1.29, 1.82) is 0 Å². The molecule has 0 saturated heterocycles. The summed E-state index contributed by atoms with van der Waals surface area (Å²) in [6.07, 6.45) is 2.05. The number of rotatable bonds is 6. The highest BCUT2D eigenvalue weighted by atomic mass is 16.6. The Balaban J connectivity index is 1.19. The largest absolute Gasteiger partial charge is 0.481 e. The van der Waals surface area contributed by atoms with Crippen molar-refractivity contribution in [3.8, 4) is 11.1 Å². The number of ether oxygens (including phenoxy) is 1. The fourth-order valence-corrected chi connectivity index (χ4v) is 5.02. The second-order valence-electron chi connectivity index (χ2n) is 8.84. The summed E-state index contributed by atoms with van der Waals surface area (Å²) in [5, 5.41) is 18.3. The number of nitrogens with one attached hydrogen (secondary N) is 2. The molecule has 180 valence electrons. The van der Waals surface area contributed by atoms with Gasteiger partial charge < -0.3 is 19.7 Å². The van der Waals surface area contributed by atoms with Crippen LogP contribution in [0.1, 0.15) is 53.2 Å². The Bertz CT molecular complexity index is 1220. The van der Waals surface area contributed by atoms with Crippen molar-refractivity contribution in [2.75, 3.05) is 11.9 Å². The highest BCUT2D eigenvalue weighted by Crippen LogP contribution is 2.44. The number of benzene rings is 2. The van der Waals surface area contributed by atoms with E-state index in [1.165, 1.54) is 6.07 Å². The number of amides is 2. The summed E-state index contributed by atoms with van der Waals surface area (Å²) in [5.74, 6) is -2.22. The first-order valence-corrected chi connectivity index (χ1v) is 11.6. The first kappa shape index (κ1) is 22.6. The van der Waals surface area contributed by atoms with Gasteiger partial charge in [-0.05, 0) is 35.1 Å². The Hall–Kier alpha value is -4.14. The van der Waals surface area contributed by atoms with Crippen molar-refractivity contribution >= 4 is 23.9 Å². The maximum Gasteiger partial charge on any atom is 0.414 e. The van der Waals surface area contributed by atoms with Gasteiger partial charge in [0.1, 0.15) is 6.61 Å². The summed E-state index contributed by atoms with van der Waals surface area (Å²) in [7, 11) is 0. The third-order valence-corrected chi connectivity index (χ3v) is 6.71. The van der Waals surface area contributed by atoms with Crippen molar-refractivity contribution in [1.82, 2.24) is 10.5 Å². The van der Waals surface area contributed by atoms with Crippen molar-refractivity contribution in [3.63, 3.8) is 0 Å². The molecule has 0 bridgehead atoms. The number of hydrogen-bond donors (Lipinski definition) is 3. The van der Waals surface area contributed by atoms with Crippen LogP contribution in [0.3, 0.4) is 0 Å². The topological polar surface area (TPSA) is 131 Å². The molecule has 2 aromatic carbocycles. The van der Waals surface area contributed by atoms with E-state index in [4.69, 9.17) is 9.26 Å². The van der Waals surface area contributed by atoms with E-state index < -0.39 is 29.9 Å². The summed E-state index contributed by atoms with van der Waals surface area (Å²) in [5.41, 5.74) is 4.41. The molecular weight excluding hydrogens is 450 g/mol. The number of hydrogen-bond acceptors (Lipinski definition) is 6. The van der Waals surface area contributed by atoms with Crippen molar-refractivity contribution < 1.29 is 28.8 Å². The van der Waals surface area contributed by atoms with Gasteiger partial charge in [-0.25, -0.2) is 4.79 Å². The van der Waals surface area contributed by atoms with Crippen molar-refractivity contribution in [2.45, 2.75) is 37.6 Å². The number of carbonyl (C=O) groups excluding carboxylic acids is 2. The fourth-order valence-electron chi connectivity index (χ4n) is 5.02. The molecule has 2 atom stereocenters. The van der Waals surface area contributed by atoms with Gasteiger partial charge in [-0.1, -0.05) is 66.5 Å². The molecule has 3 aromatic rings. The molecule has 0 spiro atoms. The Morgan fingerprint density at radius 2 is 1.66 bits per heavy atom. The minimum absolute atomic E-state index is 0.0363. The van der Waals surface area contributed by atoms with Gasteiger partial charge in [-0.3, -0.25) is 14.9 Å². The predicted octanol–water partition coefficient (Wildman–Crippen LogP) is 4.41. The standard InChI is InChI=1S/C26H25N3O6/c30-24(27-21-12-6-5-11-19(21)25(31)32)22-13-23(35-29-22)28-26(33)34-14-20-17-9-3-1-7-15(17)16-8-2-4-10-18(16)20/h1-4,7-10,13,19-21H,5-6,11-12,14H2,(H,27,30)(H,28,33)(H,31,32)/t19-,21+/m1/s1. The van der Waals surface area contributed by atoms with E-state index in [-0.39, 0.29) is 24.1 Å². The molecule has 9 heteroatoms. The number of aromatic nitrogens is 1. The van der Waals surface area contributed by atoms with Gasteiger partial charge in [-0.2, -0.15) is 0 Å². The van der Waals surface area contributed by atoms with E-state index in [2.05, 4.69) is 27.9 Å². The normalized spacial score (nSPS) is 18.9. The lowest BCUT2D eigenvalue weighted by Gasteiger charge is -2.28. The SMILES string of the molecule is O=C(Nc1cc(C(=O)N[C@H]2CCCC[C@H]2C(=O)O)no1)OCC1c2ccccc2-c2ccccc21. The molecule has 1 heterocycles. The molecule has 35 heavy (non-hydrogen) atoms. The van der Waals surface area contributed by atoms with Crippen LogP contribution in [-0.4, -0.2) is 40.9 Å². The lowest BCUT2D eigenvalue weighted by Crippen LogP contribution is -2.45. The van der Waals surface area contributed by atoms with Crippen molar-refractivity contribution in [2.24, 2.45) is 5.92 Å². The zero-order valence-electron chi connectivity index (χ0n) is 18.9. The molecule has 5 rings (SSSR count). The van der Waals surface area contributed by atoms with Crippen LogP contribution in [0.4, 0.5) is 10.7 Å². The van der Waals surface area contributed by atoms with Crippen LogP contribution in [0.25, 0.3) is 11.1 Å². The van der Waals surface area contributed by atoms with Gasteiger partial charge in [0.25, 0.3) is 5.91 Å². The molecular formula is C26H25N3O6. The Morgan fingerprint density at radius 3 is 2.34 bits per heavy atom. The molecule has 1 saturated carbocycles. The highest BCUT2D eigenvalue weighted by molar-refractivity contribution is 5.94. The number of fused-ring (bicyclic) bond motifs is 3. The number of carboxylic acids is 1. The summed E-state index contributed by atoms with van der Waals surface area (Å²) < 4.78 is 10.5. The van der Waals surface area contributed by atoms with E-state index in [1.54, 1.807) is 0 Å². The van der Waals surface area contributed by atoms with Crippen LogP contribution >= 0.6 is 0 Å². The second kappa shape index (κ2) is 9.61.